The summed E-state index contributed by atoms with van der Waals surface area (Å²) >= 11 is 0. The molecule has 1 aromatic carbocycles. The average Bonchev–Trinajstić information content (AvgIpc) is 3.04. The van der Waals surface area contributed by atoms with E-state index in [2.05, 4.69) is 22.4 Å². The smallest absolute Gasteiger partial charge is 0.317 e. The number of oxazole rings is 1. The molecule has 2 aromatic rings. The molecule has 3 rings (SSSR count). The maximum absolute atomic E-state index is 12.3. The second kappa shape index (κ2) is 7.97. The summed E-state index contributed by atoms with van der Waals surface area (Å²) in [7, 11) is 0. The van der Waals surface area contributed by atoms with Crippen molar-refractivity contribution in [3.8, 4) is 0 Å². The van der Waals surface area contributed by atoms with Crippen LogP contribution < -0.4 is 5.32 Å². The maximum atomic E-state index is 12.3. The molecule has 0 bridgehead atoms. The minimum absolute atomic E-state index is 0.0783. The lowest BCUT2D eigenvalue weighted by molar-refractivity contribution is -0.0176. The van der Waals surface area contributed by atoms with E-state index in [0.717, 1.165) is 24.3 Å². The zero-order chi connectivity index (χ0) is 16.8. The number of aromatic nitrogens is 1. The van der Waals surface area contributed by atoms with E-state index in [1.807, 2.05) is 30.0 Å². The van der Waals surface area contributed by atoms with E-state index in [4.69, 9.17) is 9.15 Å². The molecule has 1 aliphatic heterocycles. The molecule has 128 valence electrons. The number of carbonyl (C=O) groups excluding carboxylic acids is 1. The number of urea groups is 1. The summed E-state index contributed by atoms with van der Waals surface area (Å²) in [5.74, 6) is 0.734. The Morgan fingerprint density at radius 1 is 1.38 bits per heavy atom. The lowest BCUT2D eigenvalue weighted by Crippen LogP contribution is -2.49. The maximum Gasteiger partial charge on any atom is 0.317 e. The molecule has 24 heavy (non-hydrogen) atoms. The van der Waals surface area contributed by atoms with Crippen LogP contribution in [-0.2, 0) is 17.7 Å². The van der Waals surface area contributed by atoms with Crippen molar-refractivity contribution < 1.29 is 13.9 Å². The van der Waals surface area contributed by atoms with Crippen LogP contribution in [0, 0.1) is 6.92 Å². The zero-order valence-electron chi connectivity index (χ0n) is 13.9. The standard InChI is InChI=1S/C18H23N3O3/c1-14-17(20-13-24-14)11-19-18(22)21-9-10-23-16(12-21)8-7-15-5-3-2-4-6-15/h2-6,13,16H,7-12H2,1H3,(H,19,22)/t16-/m1/s1. The Balaban J connectivity index is 1.46. The Labute approximate surface area is 141 Å². The Kier molecular flexibility index (Phi) is 5.48. The fourth-order valence-electron chi connectivity index (χ4n) is 2.82. The third-order valence-electron chi connectivity index (χ3n) is 4.28. The van der Waals surface area contributed by atoms with Crippen LogP contribution >= 0.6 is 0 Å². The Morgan fingerprint density at radius 3 is 2.96 bits per heavy atom. The van der Waals surface area contributed by atoms with Crippen LogP contribution in [0.15, 0.2) is 41.1 Å². The third kappa shape index (κ3) is 4.35. The van der Waals surface area contributed by atoms with Gasteiger partial charge < -0.3 is 19.4 Å². The van der Waals surface area contributed by atoms with Gasteiger partial charge in [0.15, 0.2) is 6.39 Å². The lowest BCUT2D eigenvalue weighted by Gasteiger charge is -2.33. The largest absolute Gasteiger partial charge is 0.448 e. The van der Waals surface area contributed by atoms with E-state index in [9.17, 15) is 4.79 Å². The summed E-state index contributed by atoms with van der Waals surface area (Å²) in [6, 6.07) is 10.3. The van der Waals surface area contributed by atoms with Crippen LogP contribution in [0.1, 0.15) is 23.4 Å². The van der Waals surface area contributed by atoms with Crippen molar-refractivity contribution in [2.24, 2.45) is 0 Å². The molecule has 0 radical (unpaired) electrons. The molecule has 1 aliphatic rings. The topological polar surface area (TPSA) is 67.6 Å². The zero-order valence-corrected chi connectivity index (χ0v) is 13.9. The van der Waals surface area contributed by atoms with Crippen molar-refractivity contribution >= 4 is 6.03 Å². The molecule has 6 heteroatoms. The molecule has 1 N–H and O–H groups in total. The van der Waals surface area contributed by atoms with E-state index >= 15 is 0 Å². The van der Waals surface area contributed by atoms with Crippen molar-refractivity contribution in [3.05, 3.63) is 53.7 Å². The van der Waals surface area contributed by atoms with Gasteiger partial charge in [0.25, 0.3) is 0 Å². The van der Waals surface area contributed by atoms with Crippen LogP contribution in [0.25, 0.3) is 0 Å². The van der Waals surface area contributed by atoms with Crippen LogP contribution in [0.2, 0.25) is 0 Å². The second-order valence-corrected chi connectivity index (χ2v) is 5.98. The number of carbonyl (C=O) groups is 1. The van der Waals surface area contributed by atoms with Crippen LogP contribution in [0.3, 0.4) is 0 Å². The van der Waals surface area contributed by atoms with Gasteiger partial charge in [0, 0.05) is 13.1 Å². The summed E-state index contributed by atoms with van der Waals surface area (Å²) in [6.07, 6.45) is 3.35. The lowest BCUT2D eigenvalue weighted by atomic mass is 10.1. The number of nitrogens with zero attached hydrogens (tertiary/aromatic N) is 2. The van der Waals surface area contributed by atoms with Gasteiger partial charge >= 0.3 is 6.03 Å². The molecule has 0 saturated carbocycles. The Morgan fingerprint density at radius 2 is 2.21 bits per heavy atom. The monoisotopic (exact) mass is 329 g/mol. The summed E-state index contributed by atoms with van der Waals surface area (Å²) in [6.45, 7) is 4.04. The molecule has 2 amide bonds. The number of benzene rings is 1. The van der Waals surface area contributed by atoms with E-state index in [1.54, 1.807) is 0 Å². The number of morpholine rings is 1. The SMILES string of the molecule is Cc1ocnc1CNC(=O)N1CCO[C@H](CCc2ccccc2)C1. The van der Waals surface area contributed by atoms with Crippen LogP contribution in [-0.4, -0.2) is 41.7 Å². The molecule has 1 atom stereocenters. The van der Waals surface area contributed by atoms with Crippen molar-refractivity contribution in [1.82, 2.24) is 15.2 Å². The molecule has 0 spiro atoms. The van der Waals surface area contributed by atoms with Crippen molar-refractivity contribution in [3.63, 3.8) is 0 Å². The quantitative estimate of drug-likeness (QED) is 0.915. The molecule has 0 aliphatic carbocycles. The highest BCUT2D eigenvalue weighted by molar-refractivity contribution is 5.74. The number of ether oxygens (including phenoxy) is 1. The van der Waals surface area contributed by atoms with Crippen LogP contribution in [0.4, 0.5) is 4.79 Å². The minimum Gasteiger partial charge on any atom is -0.448 e. The highest BCUT2D eigenvalue weighted by Gasteiger charge is 2.24. The van der Waals surface area contributed by atoms with Crippen LogP contribution in [0.5, 0.6) is 0 Å². The predicted molar refractivity (Wildman–Crippen MR) is 89.6 cm³/mol. The van der Waals surface area contributed by atoms with Gasteiger partial charge in [-0.3, -0.25) is 0 Å². The predicted octanol–water partition coefficient (Wildman–Crippen LogP) is 2.53. The van der Waals surface area contributed by atoms with E-state index in [1.165, 1.54) is 12.0 Å². The van der Waals surface area contributed by atoms with Gasteiger partial charge in [0.1, 0.15) is 11.5 Å². The summed E-state index contributed by atoms with van der Waals surface area (Å²) in [4.78, 5) is 18.2. The first kappa shape index (κ1) is 16.5. The second-order valence-electron chi connectivity index (χ2n) is 5.98. The minimum atomic E-state index is -0.0783. The van der Waals surface area contributed by atoms with Gasteiger partial charge in [-0.1, -0.05) is 30.3 Å². The molecular formula is C18H23N3O3. The van der Waals surface area contributed by atoms with Gasteiger partial charge in [-0.25, -0.2) is 9.78 Å². The number of amides is 2. The molecule has 2 heterocycles. The van der Waals surface area contributed by atoms with Gasteiger partial charge in [0.05, 0.1) is 19.3 Å². The highest BCUT2D eigenvalue weighted by Crippen LogP contribution is 2.13. The number of hydrogen-bond donors (Lipinski definition) is 1. The molecule has 1 aromatic heterocycles. The van der Waals surface area contributed by atoms with Crippen molar-refractivity contribution in [1.29, 1.82) is 0 Å². The highest BCUT2D eigenvalue weighted by atomic mass is 16.5. The van der Waals surface area contributed by atoms with Crippen molar-refractivity contribution in [2.75, 3.05) is 19.7 Å². The molecule has 6 nitrogen and oxygen atoms in total. The third-order valence-corrected chi connectivity index (χ3v) is 4.28. The Hall–Kier alpha value is -2.34. The number of nitrogens with one attached hydrogen (secondary N) is 1. The molecule has 1 saturated heterocycles. The fourth-order valence-corrected chi connectivity index (χ4v) is 2.82. The summed E-state index contributed by atoms with van der Waals surface area (Å²) in [5, 5.41) is 2.90. The van der Waals surface area contributed by atoms with E-state index < -0.39 is 0 Å². The number of aryl methyl sites for hydroxylation is 2. The van der Waals surface area contributed by atoms with E-state index in [0.29, 0.717) is 26.2 Å². The van der Waals surface area contributed by atoms with E-state index in [-0.39, 0.29) is 12.1 Å². The number of rotatable bonds is 5. The fraction of sp³-hybridized carbons (Fsp3) is 0.444. The summed E-state index contributed by atoms with van der Waals surface area (Å²) in [5.41, 5.74) is 2.06. The number of hydrogen-bond acceptors (Lipinski definition) is 4. The Bertz CT molecular complexity index is 657. The normalized spacial score (nSPS) is 17.7. The summed E-state index contributed by atoms with van der Waals surface area (Å²) < 4.78 is 10.9. The van der Waals surface area contributed by atoms with Crippen molar-refractivity contribution in [2.45, 2.75) is 32.4 Å². The average molecular weight is 329 g/mol. The molecule has 1 fully saturated rings. The van der Waals surface area contributed by atoms with Gasteiger partial charge in [-0.15, -0.1) is 0 Å². The molecule has 0 unspecified atom stereocenters. The molecular weight excluding hydrogens is 306 g/mol. The first-order valence-electron chi connectivity index (χ1n) is 8.29. The van der Waals surface area contributed by atoms with Gasteiger partial charge in [-0.2, -0.15) is 0 Å². The van der Waals surface area contributed by atoms with Gasteiger partial charge in [0.2, 0.25) is 0 Å². The van der Waals surface area contributed by atoms with Gasteiger partial charge in [-0.05, 0) is 25.3 Å². The first-order valence-corrected chi connectivity index (χ1v) is 8.29. The first-order chi connectivity index (χ1) is 11.7.